The lowest BCUT2D eigenvalue weighted by atomic mass is 10.1. The van der Waals surface area contributed by atoms with Gasteiger partial charge in [-0.15, -0.1) is 11.3 Å². The van der Waals surface area contributed by atoms with Crippen molar-refractivity contribution < 1.29 is 4.79 Å². The number of rotatable bonds is 3. The Kier molecular flexibility index (Phi) is 5.30. The fraction of sp³-hybridized carbons (Fsp3) is 0.200. The highest BCUT2D eigenvalue weighted by Gasteiger charge is 2.11. The summed E-state index contributed by atoms with van der Waals surface area (Å²) in [6.07, 6.45) is 0. The number of nitrogens with one attached hydrogen (secondary N) is 3. The van der Waals surface area contributed by atoms with Gasteiger partial charge in [-0.05, 0) is 48.6 Å². The number of carbonyl (C=O) groups is 1. The zero-order valence-electron chi connectivity index (χ0n) is 11.8. The van der Waals surface area contributed by atoms with Crippen LogP contribution in [0.4, 0.5) is 0 Å². The van der Waals surface area contributed by atoms with Gasteiger partial charge in [-0.1, -0.05) is 30.3 Å². The molecule has 0 radical (unpaired) electrons. The van der Waals surface area contributed by atoms with Crippen molar-refractivity contribution >= 4 is 34.6 Å². The van der Waals surface area contributed by atoms with Gasteiger partial charge in [0, 0.05) is 0 Å². The SMILES string of the molecule is Cc1ccsc1C(=O)NNC(=S)NC(C)c1ccccc1. The van der Waals surface area contributed by atoms with E-state index in [1.54, 1.807) is 0 Å². The summed E-state index contributed by atoms with van der Waals surface area (Å²) in [7, 11) is 0. The second kappa shape index (κ2) is 7.19. The monoisotopic (exact) mass is 319 g/mol. The van der Waals surface area contributed by atoms with Crippen molar-refractivity contribution in [3.05, 3.63) is 57.8 Å². The van der Waals surface area contributed by atoms with Crippen molar-refractivity contribution in [2.75, 3.05) is 0 Å². The molecule has 0 aliphatic carbocycles. The molecule has 0 saturated heterocycles. The largest absolute Gasteiger partial charge is 0.355 e. The van der Waals surface area contributed by atoms with E-state index >= 15 is 0 Å². The maximum absolute atomic E-state index is 11.9. The Morgan fingerprint density at radius 3 is 2.52 bits per heavy atom. The van der Waals surface area contributed by atoms with Crippen LogP contribution in [-0.4, -0.2) is 11.0 Å². The Morgan fingerprint density at radius 2 is 1.90 bits per heavy atom. The molecule has 1 heterocycles. The molecule has 2 aromatic rings. The number of aryl methyl sites for hydroxylation is 1. The van der Waals surface area contributed by atoms with Crippen LogP contribution in [0.1, 0.15) is 33.8 Å². The smallest absolute Gasteiger partial charge is 0.279 e. The first-order valence-electron chi connectivity index (χ1n) is 6.54. The molecule has 2 rings (SSSR count). The van der Waals surface area contributed by atoms with Gasteiger partial charge in [0.15, 0.2) is 5.11 Å². The van der Waals surface area contributed by atoms with Gasteiger partial charge in [0.05, 0.1) is 10.9 Å². The number of thiophene rings is 1. The average Bonchev–Trinajstić information content (AvgIpc) is 2.92. The summed E-state index contributed by atoms with van der Waals surface area (Å²) in [5.41, 5.74) is 7.41. The highest BCUT2D eigenvalue weighted by atomic mass is 32.1. The van der Waals surface area contributed by atoms with Crippen LogP contribution in [0, 0.1) is 6.92 Å². The lowest BCUT2D eigenvalue weighted by Crippen LogP contribution is -2.47. The van der Waals surface area contributed by atoms with Gasteiger partial charge in [-0.2, -0.15) is 0 Å². The third-order valence-electron chi connectivity index (χ3n) is 3.01. The molecule has 110 valence electrons. The summed E-state index contributed by atoms with van der Waals surface area (Å²) in [4.78, 5) is 12.6. The lowest BCUT2D eigenvalue weighted by Gasteiger charge is -2.17. The molecule has 21 heavy (non-hydrogen) atoms. The first-order valence-corrected chi connectivity index (χ1v) is 7.82. The predicted octanol–water partition coefficient (Wildman–Crippen LogP) is 2.93. The van der Waals surface area contributed by atoms with Gasteiger partial charge < -0.3 is 5.32 Å². The van der Waals surface area contributed by atoms with Crippen LogP contribution in [0.25, 0.3) is 0 Å². The minimum atomic E-state index is -0.181. The fourth-order valence-electron chi connectivity index (χ4n) is 1.83. The van der Waals surface area contributed by atoms with E-state index in [1.807, 2.05) is 55.6 Å². The second-order valence-corrected chi connectivity index (χ2v) is 5.94. The van der Waals surface area contributed by atoms with Gasteiger partial charge in [0.2, 0.25) is 0 Å². The Morgan fingerprint density at radius 1 is 1.19 bits per heavy atom. The minimum absolute atomic E-state index is 0.0616. The number of hydrogen-bond donors (Lipinski definition) is 3. The number of hydrazine groups is 1. The molecule has 0 bridgehead atoms. The van der Waals surface area contributed by atoms with E-state index < -0.39 is 0 Å². The third-order valence-corrected chi connectivity index (χ3v) is 4.24. The molecular formula is C15H17N3OS2. The molecule has 0 aliphatic heterocycles. The number of amides is 1. The van der Waals surface area contributed by atoms with Gasteiger partial charge in [-0.25, -0.2) is 0 Å². The summed E-state index contributed by atoms with van der Waals surface area (Å²) < 4.78 is 0. The highest BCUT2D eigenvalue weighted by Crippen LogP contribution is 2.14. The average molecular weight is 319 g/mol. The number of benzene rings is 1. The molecule has 1 amide bonds. The summed E-state index contributed by atoms with van der Waals surface area (Å²) >= 11 is 6.58. The summed E-state index contributed by atoms with van der Waals surface area (Å²) in [5, 5.41) is 5.39. The Bertz CT molecular complexity index is 625. The zero-order chi connectivity index (χ0) is 15.2. The highest BCUT2D eigenvalue weighted by molar-refractivity contribution is 7.80. The zero-order valence-corrected chi connectivity index (χ0v) is 13.5. The molecule has 0 spiro atoms. The first kappa shape index (κ1) is 15.5. The number of hydrogen-bond acceptors (Lipinski definition) is 3. The maximum atomic E-state index is 11.9. The van der Waals surface area contributed by atoms with Crippen LogP contribution < -0.4 is 16.2 Å². The quantitative estimate of drug-likeness (QED) is 0.601. The van der Waals surface area contributed by atoms with Gasteiger partial charge in [-0.3, -0.25) is 15.6 Å². The number of thiocarbonyl (C=S) groups is 1. The summed E-state index contributed by atoms with van der Waals surface area (Å²) in [6.45, 7) is 3.91. The Hall–Kier alpha value is -1.92. The predicted molar refractivity (Wildman–Crippen MR) is 90.2 cm³/mol. The molecule has 1 aromatic heterocycles. The summed E-state index contributed by atoms with van der Waals surface area (Å²) in [5.74, 6) is -0.181. The molecule has 6 heteroatoms. The van der Waals surface area contributed by atoms with E-state index in [0.717, 1.165) is 11.1 Å². The topological polar surface area (TPSA) is 53.2 Å². The van der Waals surface area contributed by atoms with Crippen molar-refractivity contribution in [1.29, 1.82) is 0 Å². The van der Waals surface area contributed by atoms with E-state index in [-0.39, 0.29) is 11.9 Å². The number of carbonyl (C=O) groups excluding carboxylic acids is 1. The van der Waals surface area contributed by atoms with Gasteiger partial charge >= 0.3 is 0 Å². The molecule has 4 nitrogen and oxygen atoms in total. The van der Waals surface area contributed by atoms with E-state index in [2.05, 4.69) is 16.2 Å². The van der Waals surface area contributed by atoms with E-state index in [0.29, 0.717) is 9.99 Å². The first-order chi connectivity index (χ1) is 10.1. The second-order valence-electron chi connectivity index (χ2n) is 4.62. The van der Waals surface area contributed by atoms with Crippen LogP contribution in [0.3, 0.4) is 0 Å². The molecule has 3 N–H and O–H groups in total. The van der Waals surface area contributed by atoms with E-state index in [9.17, 15) is 4.79 Å². The maximum Gasteiger partial charge on any atom is 0.279 e. The van der Waals surface area contributed by atoms with E-state index in [4.69, 9.17) is 12.2 Å². The van der Waals surface area contributed by atoms with Crippen LogP contribution in [-0.2, 0) is 0 Å². The standard InChI is InChI=1S/C15H17N3OS2/c1-10-8-9-21-13(10)14(19)17-18-15(20)16-11(2)12-6-4-3-5-7-12/h3-9,11H,1-2H3,(H,17,19)(H2,16,18,20). The van der Waals surface area contributed by atoms with E-state index in [1.165, 1.54) is 11.3 Å². The minimum Gasteiger partial charge on any atom is -0.355 e. The normalized spacial score (nSPS) is 11.5. The molecule has 1 unspecified atom stereocenters. The molecule has 0 fully saturated rings. The molecule has 1 aromatic carbocycles. The fourth-order valence-corrected chi connectivity index (χ4v) is 2.88. The Labute approximate surface area is 133 Å². The van der Waals surface area contributed by atoms with Gasteiger partial charge in [0.1, 0.15) is 0 Å². The van der Waals surface area contributed by atoms with Crippen molar-refractivity contribution in [2.45, 2.75) is 19.9 Å². The molecular weight excluding hydrogens is 302 g/mol. The van der Waals surface area contributed by atoms with Crippen molar-refractivity contribution in [3.63, 3.8) is 0 Å². The van der Waals surface area contributed by atoms with Crippen LogP contribution in [0.15, 0.2) is 41.8 Å². The van der Waals surface area contributed by atoms with Crippen molar-refractivity contribution in [2.24, 2.45) is 0 Å². The molecule has 1 atom stereocenters. The van der Waals surface area contributed by atoms with Crippen LogP contribution in [0.2, 0.25) is 0 Å². The van der Waals surface area contributed by atoms with Crippen LogP contribution >= 0.6 is 23.6 Å². The summed E-state index contributed by atoms with van der Waals surface area (Å²) in [6, 6.07) is 11.9. The molecule has 0 saturated carbocycles. The Balaban J connectivity index is 1.83. The van der Waals surface area contributed by atoms with Crippen molar-refractivity contribution in [1.82, 2.24) is 16.2 Å². The molecule has 0 aliphatic rings. The lowest BCUT2D eigenvalue weighted by molar-refractivity contribution is 0.0947. The van der Waals surface area contributed by atoms with Crippen molar-refractivity contribution in [3.8, 4) is 0 Å². The van der Waals surface area contributed by atoms with Gasteiger partial charge in [0.25, 0.3) is 5.91 Å². The van der Waals surface area contributed by atoms with Crippen LogP contribution in [0.5, 0.6) is 0 Å². The third kappa shape index (κ3) is 4.27.